The van der Waals surface area contributed by atoms with Crippen LogP contribution in [0.4, 0.5) is 4.39 Å². The molecule has 0 bridgehead atoms. The Hall–Kier alpha value is -3.24. The van der Waals surface area contributed by atoms with Gasteiger partial charge in [0.25, 0.3) is 0 Å². The number of benzene rings is 1. The number of aryl methyl sites for hydroxylation is 1. The molecule has 0 radical (unpaired) electrons. The smallest absolute Gasteiger partial charge is 0.349 e. The largest absolute Gasteiger partial charge is 0.450 e. The number of hydrogen-bond acceptors (Lipinski definition) is 5. The SMILES string of the molecule is Cc1cc(/C=C(\C#N)C(=O)O[C@H](C)C(=O)c2ccc(F)cc2)c(C)n1C[C@@H]1CCCO1. The first kappa shape index (κ1) is 22.4. The molecule has 1 aromatic heterocycles. The molecule has 162 valence electrons. The highest BCUT2D eigenvalue weighted by Gasteiger charge is 2.23. The first-order valence-electron chi connectivity index (χ1n) is 10.2. The minimum Gasteiger partial charge on any atom is -0.450 e. The Kier molecular flexibility index (Phi) is 7.03. The number of carbonyl (C=O) groups is 2. The van der Waals surface area contributed by atoms with E-state index in [-0.39, 0.29) is 17.2 Å². The molecule has 2 aromatic rings. The Morgan fingerprint density at radius 1 is 1.35 bits per heavy atom. The fourth-order valence-corrected chi connectivity index (χ4v) is 3.67. The number of ketones is 1. The lowest BCUT2D eigenvalue weighted by Crippen LogP contribution is -2.25. The van der Waals surface area contributed by atoms with Crippen molar-refractivity contribution in [2.45, 2.75) is 52.4 Å². The Morgan fingerprint density at radius 2 is 2.06 bits per heavy atom. The summed E-state index contributed by atoms with van der Waals surface area (Å²) in [5.41, 5.74) is 2.69. The van der Waals surface area contributed by atoms with Crippen LogP contribution in [0.3, 0.4) is 0 Å². The first-order chi connectivity index (χ1) is 14.8. The zero-order valence-corrected chi connectivity index (χ0v) is 17.9. The molecular formula is C24H25FN2O4. The van der Waals surface area contributed by atoms with Crippen molar-refractivity contribution in [2.75, 3.05) is 6.61 Å². The quantitative estimate of drug-likeness (QED) is 0.289. The van der Waals surface area contributed by atoms with Crippen molar-refractivity contribution in [1.82, 2.24) is 4.57 Å². The molecule has 0 aliphatic carbocycles. The van der Waals surface area contributed by atoms with E-state index in [0.717, 1.165) is 55.1 Å². The Bertz CT molecular complexity index is 1040. The lowest BCUT2D eigenvalue weighted by molar-refractivity contribution is -0.141. The van der Waals surface area contributed by atoms with Crippen molar-refractivity contribution in [3.8, 4) is 6.07 Å². The fourth-order valence-electron chi connectivity index (χ4n) is 3.67. The normalized spacial score (nSPS) is 17.3. The maximum absolute atomic E-state index is 13.0. The van der Waals surface area contributed by atoms with Gasteiger partial charge in [-0.1, -0.05) is 0 Å². The summed E-state index contributed by atoms with van der Waals surface area (Å²) in [6.45, 7) is 6.81. The number of Topliss-reactive ketones (excluding diaryl/α,β-unsaturated/α-hetero) is 1. The van der Waals surface area contributed by atoms with Crippen LogP contribution in [-0.4, -0.2) is 35.1 Å². The van der Waals surface area contributed by atoms with Gasteiger partial charge in [-0.05, 0) is 75.6 Å². The van der Waals surface area contributed by atoms with Gasteiger partial charge in [-0.25, -0.2) is 9.18 Å². The maximum atomic E-state index is 13.0. The molecule has 1 saturated heterocycles. The number of aromatic nitrogens is 1. The van der Waals surface area contributed by atoms with Gasteiger partial charge in [-0.15, -0.1) is 0 Å². The Labute approximate surface area is 180 Å². The van der Waals surface area contributed by atoms with Crippen LogP contribution < -0.4 is 0 Å². The summed E-state index contributed by atoms with van der Waals surface area (Å²) >= 11 is 0. The van der Waals surface area contributed by atoms with Crippen LogP contribution >= 0.6 is 0 Å². The van der Waals surface area contributed by atoms with E-state index in [1.165, 1.54) is 25.1 Å². The highest BCUT2D eigenvalue weighted by molar-refractivity contribution is 6.03. The van der Waals surface area contributed by atoms with E-state index < -0.39 is 23.7 Å². The molecule has 2 heterocycles. The van der Waals surface area contributed by atoms with Gasteiger partial charge in [-0.2, -0.15) is 5.26 Å². The molecule has 7 heteroatoms. The number of carbonyl (C=O) groups excluding carboxylic acids is 2. The summed E-state index contributed by atoms with van der Waals surface area (Å²) in [6.07, 6.45) is 2.60. The summed E-state index contributed by atoms with van der Waals surface area (Å²) in [6, 6.07) is 8.74. The van der Waals surface area contributed by atoms with Gasteiger partial charge in [0.2, 0.25) is 5.78 Å². The topological polar surface area (TPSA) is 81.3 Å². The summed E-state index contributed by atoms with van der Waals surface area (Å²) in [7, 11) is 0. The zero-order valence-electron chi connectivity index (χ0n) is 17.9. The number of halogens is 1. The number of nitriles is 1. The molecule has 0 unspecified atom stereocenters. The van der Waals surface area contributed by atoms with Crippen molar-refractivity contribution in [2.24, 2.45) is 0 Å². The zero-order chi connectivity index (χ0) is 22.5. The predicted molar refractivity (Wildman–Crippen MR) is 113 cm³/mol. The third kappa shape index (κ3) is 5.28. The van der Waals surface area contributed by atoms with Crippen LogP contribution in [0.25, 0.3) is 6.08 Å². The predicted octanol–water partition coefficient (Wildman–Crippen LogP) is 4.14. The molecule has 1 fully saturated rings. The molecular weight excluding hydrogens is 399 g/mol. The Balaban J connectivity index is 1.73. The van der Waals surface area contributed by atoms with Gasteiger partial charge >= 0.3 is 5.97 Å². The second-order valence-corrected chi connectivity index (χ2v) is 7.66. The molecule has 3 rings (SSSR count). The minimum atomic E-state index is -1.11. The van der Waals surface area contributed by atoms with E-state index in [2.05, 4.69) is 4.57 Å². The van der Waals surface area contributed by atoms with Gasteiger partial charge in [-0.3, -0.25) is 4.79 Å². The highest BCUT2D eigenvalue weighted by atomic mass is 19.1. The number of nitrogens with zero attached hydrogens (tertiary/aromatic N) is 2. The standard InChI is InChI=1S/C24H25FN2O4/c1-15-11-19(16(2)27(15)14-22-5-4-10-30-22)12-20(13-26)24(29)31-17(3)23(28)18-6-8-21(25)9-7-18/h6-9,11-12,17,22H,4-5,10,14H2,1-3H3/b20-12+/t17-,22+/m1/s1. The second-order valence-electron chi connectivity index (χ2n) is 7.66. The first-order valence-corrected chi connectivity index (χ1v) is 10.2. The van der Waals surface area contributed by atoms with Gasteiger partial charge < -0.3 is 14.0 Å². The molecule has 0 saturated carbocycles. The van der Waals surface area contributed by atoms with Crippen LogP contribution in [0, 0.1) is 31.0 Å². The molecule has 31 heavy (non-hydrogen) atoms. The van der Waals surface area contributed by atoms with E-state index in [1.54, 1.807) is 0 Å². The van der Waals surface area contributed by atoms with Crippen molar-refractivity contribution in [3.05, 3.63) is 64.2 Å². The monoisotopic (exact) mass is 424 g/mol. The van der Waals surface area contributed by atoms with Crippen LogP contribution in [0.5, 0.6) is 0 Å². The van der Waals surface area contributed by atoms with Crippen LogP contribution in [0.2, 0.25) is 0 Å². The molecule has 6 nitrogen and oxygen atoms in total. The van der Waals surface area contributed by atoms with E-state index in [4.69, 9.17) is 9.47 Å². The van der Waals surface area contributed by atoms with Crippen LogP contribution in [0.15, 0.2) is 35.9 Å². The maximum Gasteiger partial charge on any atom is 0.349 e. The number of esters is 1. The lowest BCUT2D eigenvalue weighted by atomic mass is 10.1. The summed E-state index contributed by atoms with van der Waals surface area (Å²) in [5.74, 6) is -1.82. The van der Waals surface area contributed by atoms with Crippen molar-refractivity contribution < 1.29 is 23.5 Å². The number of rotatable bonds is 7. The Morgan fingerprint density at radius 3 is 2.68 bits per heavy atom. The second kappa shape index (κ2) is 9.71. The number of ether oxygens (including phenoxy) is 2. The molecule has 2 atom stereocenters. The molecule has 0 spiro atoms. The summed E-state index contributed by atoms with van der Waals surface area (Å²) in [4.78, 5) is 24.9. The third-order valence-corrected chi connectivity index (χ3v) is 5.44. The van der Waals surface area contributed by atoms with Gasteiger partial charge in [0.05, 0.1) is 6.10 Å². The minimum absolute atomic E-state index is 0.167. The summed E-state index contributed by atoms with van der Waals surface area (Å²) in [5, 5.41) is 9.48. The van der Waals surface area contributed by atoms with Crippen LogP contribution in [0.1, 0.15) is 47.1 Å². The fraction of sp³-hybridized carbons (Fsp3) is 0.375. The lowest BCUT2D eigenvalue weighted by Gasteiger charge is -2.14. The van der Waals surface area contributed by atoms with Gasteiger partial charge in [0.15, 0.2) is 6.10 Å². The van der Waals surface area contributed by atoms with Crippen LogP contribution in [-0.2, 0) is 20.8 Å². The highest BCUT2D eigenvalue weighted by Crippen LogP contribution is 2.22. The van der Waals surface area contributed by atoms with E-state index >= 15 is 0 Å². The molecule has 1 aromatic carbocycles. The van der Waals surface area contributed by atoms with Crippen molar-refractivity contribution >= 4 is 17.8 Å². The van der Waals surface area contributed by atoms with E-state index in [9.17, 15) is 19.2 Å². The number of hydrogen-bond donors (Lipinski definition) is 0. The average molecular weight is 424 g/mol. The van der Waals surface area contributed by atoms with E-state index in [1.807, 2.05) is 26.0 Å². The van der Waals surface area contributed by atoms with Crippen molar-refractivity contribution in [1.29, 1.82) is 5.26 Å². The third-order valence-electron chi connectivity index (χ3n) is 5.44. The average Bonchev–Trinajstić information content (AvgIpc) is 3.35. The molecule has 1 aliphatic rings. The van der Waals surface area contributed by atoms with E-state index in [0.29, 0.717) is 0 Å². The van der Waals surface area contributed by atoms with Gasteiger partial charge in [0.1, 0.15) is 17.5 Å². The molecule has 0 amide bonds. The molecule has 0 N–H and O–H groups in total. The molecule has 1 aliphatic heterocycles. The van der Waals surface area contributed by atoms with Crippen molar-refractivity contribution in [3.63, 3.8) is 0 Å². The summed E-state index contributed by atoms with van der Waals surface area (Å²) < 4.78 is 26.1. The van der Waals surface area contributed by atoms with Gasteiger partial charge in [0, 0.05) is 30.1 Å².